The van der Waals surface area contributed by atoms with Crippen LogP contribution in [0.25, 0.3) is 184 Å². The van der Waals surface area contributed by atoms with Crippen LogP contribution >= 0.6 is 0 Å². The summed E-state index contributed by atoms with van der Waals surface area (Å²) in [5, 5.41) is 12.6. The van der Waals surface area contributed by atoms with Crippen LogP contribution in [0.1, 0.15) is 0 Å². The maximum absolute atomic E-state index is 7.46. The molecule has 100 heavy (non-hydrogen) atoms. The van der Waals surface area contributed by atoms with Crippen molar-refractivity contribution in [3.8, 4) is 96.0 Å². The molecule has 0 fully saturated rings. The number of furan rings is 3. The zero-order chi connectivity index (χ0) is 67.9. The van der Waals surface area contributed by atoms with Crippen molar-refractivity contribution in [1.29, 1.82) is 0 Å². The summed E-state index contributed by atoms with van der Waals surface area (Å²) in [4.78, 5) is 26.7. The van der Waals surface area contributed by atoms with Crippen LogP contribution in [-0.4, -0.2) is 53.7 Å². The number of fused-ring (bicyclic) bond motifs is 12. The highest BCUT2D eigenvalue weighted by Gasteiger charge is 2.31. The van der Waals surface area contributed by atoms with E-state index in [1.165, 1.54) is 15.6 Å². The predicted molar refractivity (Wildman–Crippen MR) is 424 cm³/mol. The number of hydrogen-bond acceptors (Lipinski definition) is 8. The van der Waals surface area contributed by atoms with Gasteiger partial charge < -0.3 is 17.8 Å². The molecule has 0 aliphatic heterocycles. The maximum Gasteiger partial charge on any atom is 0.167 e. The summed E-state index contributed by atoms with van der Waals surface area (Å²) in [6.45, 7) is 21.5. The van der Waals surface area contributed by atoms with Gasteiger partial charge in [0.15, 0.2) is 28.9 Å². The van der Waals surface area contributed by atoms with Gasteiger partial charge in [0.2, 0.25) is 0 Å². The van der Waals surface area contributed by atoms with Gasteiger partial charge in [-0.15, -0.1) is 0 Å². The predicted octanol–water partition coefficient (Wildman–Crippen LogP) is 22.4. The van der Waals surface area contributed by atoms with Crippen molar-refractivity contribution < 1.29 is 13.3 Å². The standard InChI is InChI=1S/C88H70N6O3Si3/c1-98(2,3)74-41-23-36-63-62-35-22-40-73(79(62)95-80(63)74)94-71-39-20-19-34-61(71)68-51-57(44-49-72(68)94)60-46-47-66(83-78(60)65-38-25-43-76(82(65)96-83)100(7,8)9)87-89-69(53-26-13-10-14-27-53)52-70(90-87)58-33-21-32-56(50-58)59-45-48-67(84-77(59)64-37-24-42-75(81(64)97-84)99(4,5)6)88-92-85(54-28-15-11-16-29-54)91-86(93-88)55-30-17-12-18-31-55/h10-52H,1-9H3. The first-order chi connectivity index (χ1) is 48.5. The minimum absolute atomic E-state index is 0.534. The first kappa shape index (κ1) is 61.0. The molecule has 12 aromatic carbocycles. The van der Waals surface area contributed by atoms with Crippen LogP contribution in [0.4, 0.5) is 0 Å². The van der Waals surface area contributed by atoms with Crippen LogP contribution in [0.2, 0.25) is 58.9 Å². The normalized spacial score (nSPS) is 12.4. The zero-order valence-corrected chi connectivity index (χ0v) is 60.2. The summed E-state index contributed by atoms with van der Waals surface area (Å²) in [6.07, 6.45) is 0. The second-order valence-corrected chi connectivity index (χ2v) is 44.6. The molecule has 0 radical (unpaired) electrons. The van der Waals surface area contributed by atoms with Gasteiger partial charge in [-0.3, -0.25) is 0 Å². The Labute approximate surface area is 582 Å². The van der Waals surface area contributed by atoms with Gasteiger partial charge in [0.1, 0.15) is 27.9 Å². The van der Waals surface area contributed by atoms with Crippen molar-refractivity contribution in [2.45, 2.75) is 58.9 Å². The highest BCUT2D eigenvalue weighted by molar-refractivity contribution is 6.91. The first-order valence-corrected chi connectivity index (χ1v) is 44.9. The molecule has 0 amide bonds. The number of hydrogen-bond donors (Lipinski definition) is 0. The third-order valence-corrected chi connectivity index (χ3v) is 25.9. The van der Waals surface area contributed by atoms with E-state index >= 15 is 0 Å². The lowest BCUT2D eigenvalue weighted by Crippen LogP contribution is -2.37. The molecule has 12 heteroatoms. The Balaban J connectivity index is 0.813. The van der Waals surface area contributed by atoms with E-state index < -0.39 is 24.2 Å². The summed E-state index contributed by atoms with van der Waals surface area (Å²) in [5.74, 6) is 2.27. The molecule has 0 aliphatic rings. The van der Waals surface area contributed by atoms with Gasteiger partial charge in [-0.05, 0) is 86.3 Å². The molecule has 6 heterocycles. The fourth-order valence-corrected chi connectivity index (χ4v) is 19.4. The molecule has 0 saturated carbocycles. The van der Waals surface area contributed by atoms with E-state index in [0.717, 1.165) is 160 Å². The van der Waals surface area contributed by atoms with E-state index in [9.17, 15) is 0 Å². The molecule has 0 unspecified atom stereocenters. The Morgan fingerprint density at radius 2 is 0.640 bits per heavy atom. The van der Waals surface area contributed by atoms with Crippen LogP contribution < -0.4 is 15.6 Å². The van der Waals surface area contributed by atoms with Crippen molar-refractivity contribution in [2.75, 3.05) is 0 Å². The van der Waals surface area contributed by atoms with Crippen LogP contribution in [0.15, 0.2) is 274 Å². The van der Waals surface area contributed by atoms with Gasteiger partial charge in [0.05, 0.1) is 63.5 Å². The zero-order valence-electron chi connectivity index (χ0n) is 57.2. The van der Waals surface area contributed by atoms with Crippen molar-refractivity contribution in [2.24, 2.45) is 0 Å². The lowest BCUT2D eigenvalue weighted by Gasteiger charge is -2.16. The van der Waals surface area contributed by atoms with Gasteiger partial charge >= 0.3 is 0 Å². The summed E-state index contributed by atoms with van der Waals surface area (Å²) >= 11 is 0. The molecule has 0 atom stereocenters. The Morgan fingerprint density at radius 3 is 1.20 bits per heavy atom. The monoisotopic (exact) mass is 1340 g/mol. The van der Waals surface area contributed by atoms with E-state index in [1.807, 2.05) is 66.7 Å². The molecule has 18 aromatic rings. The van der Waals surface area contributed by atoms with E-state index in [-0.39, 0.29) is 0 Å². The molecule has 0 saturated heterocycles. The van der Waals surface area contributed by atoms with Crippen molar-refractivity contribution in [3.63, 3.8) is 0 Å². The Bertz CT molecular complexity index is 6290. The maximum atomic E-state index is 7.46. The van der Waals surface area contributed by atoms with Crippen LogP contribution in [-0.2, 0) is 0 Å². The summed E-state index contributed by atoms with van der Waals surface area (Å²) in [5.41, 5.74) is 19.5. The Kier molecular flexibility index (Phi) is 14.1. The van der Waals surface area contributed by atoms with Gasteiger partial charge in [0.25, 0.3) is 0 Å². The molecule has 0 aliphatic carbocycles. The number of para-hydroxylation sites is 5. The lowest BCUT2D eigenvalue weighted by atomic mass is 9.94. The van der Waals surface area contributed by atoms with Gasteiger partial charge in [0, 0.05) is 65.3 Å². The van der Waals surface area contributed by atoms with E-state index in [2.05, 4.69) is 258 Å². The van der Waals surface area contributed by atoms with Crippen LogP contribution in [0.3, 0.4) is 0 Å². The lowest BCUT2D eigenvalue weighted by molar-refractivity contribution is 0.668. The number of rotatable bonds is 12. The summed E-state index contributed by atoms with van der Waals surface area (Å²) < 4.78 is 24.2. The second-order valence-electron chi connectivity index (χ2n) is 29.5. The highest BCUT2D eigenvalue weighted by Crippen LogP contribution is 2.47. The molecule has 0 spiro atoms. The third-order valence-electron chi connectivity index (χ3n) is 19.9. The van der Waals surface area contributed by atoms with E-state index in [1.54, 1.807) is 0 Å². The molecular formula is C88H70N6O3Si3. The molecule has 9 nitrogen and oxygen atoms in total. The minimum atomic E-state index is -1.97. The van der Waals surface area contributed by atoms with Crippen molar-refractivity contribution in [1.82, 2.24) is 29.5 Å². The fraction of sp³-hybridized carbons (Fsp3) is 0.102. The quantitative estimate of drug-likeness (QED) is 0.111. The minimum Gasteiger partial charge on any atom is -0.455 e. The molecule has 6 aromatic heterocycles. The van der Waals surface area contributed by atoms with Crippen molar-refractivity contribution >= 4 is 127 Å². The summed E-state index contributed by atoms with van der Waals surface area (Å²) in [7, 11) is -5.66. The number of benzene rings is 12. The van der Waals surface area contributed by atoms with Crippen LogP contribution in [0.5, 0.6) is 0 Å². The largest absolute Gasteiger partial charge is 0.455 e. The molecule has 18 rings (SSSR count). The van der Waals surface area contributed by atoms with Crippen molar-refractivity contribution in [3.05, 3.63) is 261 Å². The molecule has 0 N–H and O–H groups in total. The Hall–Kier alpha value is -11.4. The first-order valence-electron chi connectivity index (χ1n) is 34.4. The second kappa shape index (κ2) is 23.1. The van der Waals surface area contributed by atoms with Gasteiger partial charge in [-0.2, -0.15) is 0 Å². The average molecular weight is 1340 g/mol. The highest BCUT2D eigenvalue weighted by atomic mass is 28.3. The van der Waals surface area contributed by atoms with Gasteiger partial charge in [-0.1, -0.05) is 271 Å². The van der Waals surface area contributed by atoms with E-state index in [4.69, 9.17) is 38.2 Å². The van der Waals surface area contributed by atoms with E-state index in [0.29, 0.717) is 23.3 Å². The smallest absolute Gasteiger partial charge is 0.167 e. The average Bonchev–Trinajstić information content (AvgIpc) is 1.54. The number of nitrogens with zero attached hydrogens (tertiary/aromatic N) is 6. The van der Waals surface area contributed by atoms with Gasteiger partial charge in [-0.25, -0.2) is 24.9 Å². The Morgan fingerprint density at radius 1 is 0.250 bits per heavy atom. The third kappa shape index (κ3) is 10.1. The SMILES string of the molecule is C[Si](C)(C)c1cccc2c1oc1c(-n3c4ccccc4c4cc(-c5ccc(-c6nc(-c7ccccc7)cc(-c7cccc(-c8ccc(-c9nc(-c%10ccccc%10)nc(-c%10ccccc%10)n9)c9oc%10c([Si](C)(C)C)cccc%10c89)c7)n6)c6oc7c([Si](C)(C)C)cccc7c56)ccc43)cccc12. The molecular weight excluding hydrogens is 1270 g/mol. The molecule has 482 valence electrons. The number of aromatic nitrogens is 6. The topological polar surface area (TPSA) is 109 Å². The fourth-order valence-electron chi connectivity index (χ4n) is 15.0. The van der Waals surface area contributed by atoms with Crippen LogP contribution in [0, 0.1) is 0 Å². The molecule has 0 bridgehead atoms. The summed E-state index contributed by atoms with van der Waals surface area (Å²) in [6, 6.07) is 92.6.